The standard InChI is InChI=1S/C19H25ClN4O6S/c1-5-24(6-2)31(28,29)13-7-8-14(20)16(11-13)21-18(26)12(3)30-19(27)15-9-10-17(25)23(4)22-15/h7-8,11-12H,5-6,9-10H2,1-4H3,(H,21,26). The maximum atomic E-state index is 12.7. The summed E-state index contributed by atoms with van der Waals surface area (Å²) in [7, 11) is -2.33. The van der Waals surface area contributed by atoms with Crippen molar-refractivity contribution in [2.75, 3.05) is 25.5 Å². The Bertz CT molecular complexity index is 1010. The van der Waals surface area contributed by atoms with Crippen molar-refractivity contribution in [2.24, 2.45) is 5.10 Å². The maximum Gasteiger partial charge on any atom is 0.355 e. The van der Waals surface area contributed by atoms with Gasteiger partial charge in [-0.15, -0.1) is 0 Å². The van der Waals surface area contributed by atoms with E-state index in [2.05, 4.69) is 10.4 Å². The Kier molecular flexibility index (Phi) is 8.15. The minimum absolute atomic E-state index is 0.0233. The van der Waals surface area contributed by atoms with Gasteiger partial charge in [-0.25, -0.2) is 18.2 Å². The van der Waals surface area contributed by atoms with Crippen LogP contribution < -0.4 is 5.32 Å². The summed E-state index contributed by atoms with van der Waals surface area (Å²) in [6, 6.07) is 3.98. The van der Waals surface area contributed by atoms with Crippen LogP contribution in [0.5, 0.6) is 0 Å². The lowest BCUT2D eigenvalue weighted by atomic mass is 10.2. The zero-order chi connectivity index (χ0) is 23.3. The van der Waals surface area contributed by atoms with Crippen molar-refractivity contribution in [2.45, 2.75) is 44.6 Å². The van der Waals surface area contributed by atoms with Gasteiger partial charge in [-0.1, -0.05) is 25.4 Å². The lowest BCUT2D eigenvalue weighted by Gasteiger charge is -2.20. The third-order valence-electron chi connectivity index (χ3n) is 4.63. The molecule has 0 fully saturated rings. The number of anilines is 1. The molecule has 0 aromatic heterocycles. The van der Waals surface area contributed by atoms with Gasteiger partial charge in [-0.2, -0.15) is 9.41 Å². The molecule has 1 heterocycles. The van der Waals surface area contributed by atoms with Crippen LogP contribution >= 0.6 is 11.6 Å². The van der Waals surface area contributed by atoms with E-state index in [0.29, 0.717) is 13.1 Å². The number of hydrogen-bond donors (Lipinski definition) is 1. The Labute approximate surface area is 186 Å². The van der Waals surface area contributed by atoms with E-state index >= 15 is 0 Å². The van der Waals surface area contributed by atoms with E-state index < -0.39 is 28.0 Å². The molecular formula is C19H25ClN4O6S. The van der Waals surface area contributed by atoms with Crippen molar-refractivity contribution in [3.63, 3.8) is 0 Å². The van der Waals surface area contributed by atoms with Crippen LogP contribution in [-0.2, 0) is 29.1 Å². The van der Waals surface area contributed by atoms with E-state index in [1.54, 1.807) is 13.8 Å². The van der Waals surface area contributed by atoms with Gasteiger partial charge in [0.25, 0.3) is 5.91 Å². The van der Waals surface area contributed by atoms with Gasteiger partial charge in [0.15, 0.2) is 6.10 Å². The van der Waals surface area contributed by atoms with Gasteiger partial charge in [-0.05, 0) is 25.1 Å². The summed E-state index contributed by atoms with van der Waals surface area (Å²) < 4.78 is 31.8. The highest BCUT2D eigenvalue weighted by Gasteiger charge is 2.27. The molecule has 2 rings (SSSR count). The molecule has 1 aliphatic rings. The van der Waals surface area contributed by atoms with Crippen LogP contribution in [0.3, 0.4) is 0 Å². The molecule has 1 N–H and O–H groups in total. The molecule has 2 amide bonds. The van der Waals surface area contributed by atoms with Crippen LogP contribution in [0.4, 0.5) is 5.69 Å². The van der Waals surface area contributed by atoms with E-state index in [1.807, 2.05) is 0 Å². The van der Waals surface area contributed by atoms with Gasteiger partial charge in [0, 0.05) is 33.0 Å². The third kappa shape index (κ3) is 5.81. The lowest BCUT2D eigenvalue weighted by Crippen LogP contribution is -2.36. The van der Waals surface area contributed by atoms with Gasteiger partial charge >= 0.3 is 5.97 Å². The second-order valence-electron chi connectivity index (χ2n) is 6.73. The molecule has 0 bridgehead atoms. The molecule has 12 heteroatoms. The zero-order valence-electron chi connectivity index (χ0n) is 17.7. The highest BCUT2D eigenvalue weighted by atomic mass is 35.5. The lowest BCUT2D eigenvalue weighted by molar-refractivity contribution is -0.146. The summed E-state index contributed by atoms with van der Waals surface area (Å²) in [6.07, 6.45) is -0.973. The largest absolute Gasteiger partial charge is 0.448 e. The molecule has 0 radical (unpaired) electrons. The number of carbonyl (C=O) groups excluding carboxylic acids is 3. The van der Waals surface area contributed by atoms with Crippen LogP contribution in [0.1, 0.15) is 33.6 Å². The van der Waals surface area contributed by atoms with Gasteiger partial charge in [0.05, 0.1) is 15.6 Å². The van der Waals surface area contributed by atoms with Gasteiger partial charge in [-0.3, -0.25) is 9.59 Å². The van der Waals surface area contributed by atoms with Gasteiger partial charge in [0.1, 0.15) is 5.71 Å². The Hall–Kier alpha value is -2.50. The molecule has 0 aliphatic carbocycles. The summed E-state index contributed by atoms with van der Waals surface area (Å²) in [5.74, 6) is -1.74. The third-order valence-corrected chi connectivity index (χ3v) is 7.01. The fourth-order valence-corrected chi connectivity index (χ4v) is 4.46. The topological polar surface area (TPSA) is 125 Å². The molecular weight excluding hydrogens is 448 g/mol. The minimum atomic E-state index is -3.75. The van der Waals surface area contributed by atoms with Gasteiger partial charge < -0.3 is 10.1 Å². The van der Waals surface area contributed by atoms with Crippen LogP contribution in [0.25, 0.3) is 0 Å². The van der Waals surface area contributed by atoms with E-state index in [4.69, 9.17) is 16.3 Å². The molecule has 1 aliphatic heterocycles. The summed E-state index contributed by atoms with van der Waals surface area (Å²) in [5.41, 5.74) is 0.107. The highest BCUT2D eigenvalue weighted by Crippen LogP contribution is 2.27. The second kappa shape index (κ2) is 10.2. The molecule has 1 atom stereocenters. The Morgan fingerprint density at radius 3 is 2.52 bits per heavy atom. The molecule has 170 valence electrons. The molecule has 1 unspecified atom stereocenters. The highest BCUT2D eigenvalue weighted by molar-refractivity contribution is 7.89. The number of amides is 2. The van der Waals surface area contributed by atoms with Crippen molar-refractivity contribution in [1.29, 1.82) is 0 Å². The first-order chi connectivity index (χ1) is 14.5. The number of benzene rings is 1. The van der Waals surface area contributed by atoms with E-state index in [-0.39, 0.29) is 40.1 Å². The molecule has 1 aromatic rings. The van der Waals surface area contributed by atoms with Crippen LogP contribution in [0, 0.1) is 0 Å². The number of nitrogens with zero attached hydrogens (tertiary/aromatic N) is 3. The average molecular weight is 473 g/mol. The summed E-state index contributed by atoms with van der Waals surface area (Å²) >= 11 is 6.11. The number of hydrogen-bond acceptors (Lipinski definition) is 7. The predicted molar refractivity (Wildman–Crippen MR) is 115 cm³/mol. The van der Waals surface area contributed by atoms with Crippen molar-refractivity contribution in [3.05, 3.63) is 23.2 Å². The van der Waals surface area contributed by atoms with Crippen LogP contribution in [0.2, 0.25) is 5.02 Å². The van der Waals surface area contributed by atoms with Crippen molar-refractivity contribution in [3.8, 4) is 0 Å². The molecule has 0 saturated carbocycles. The first-order valence-corrected chi connectivity index (χ1v) is 11.5. The SMILES string of the molecule is CCN(CC)S(=O)(=O)c1ccc(Cl)c(NC(=O)C(C)OC(=O)C2=NN(C)C(=O)CC2)c1. The molecule has 0 spiro atoms. The fourth-order valence-electron chi connectivity index (χ4n) is 2.81. The number of rotatable bonds is 8. The van der Waals surface area contributed by atoms with E-state index in [9.17, 15) is 22.8 Å². The molecule has 31 heavy (non-hydrogen) atoms. The van der Waals surface area contributed by atoms with E-state index in [0.717, 1.165) is 5.01 Å². The van der Waals surface area contributed by atoms with Crippen molar-refractivity contribution >= 4 is 50.8 Å². The average Bonchev–Trinajstić information content (AvgIpc) is 2.71. The number of halogens is 1. The first kappa shape index (κ1) is 24.8. The fraction of sp³-hybridized carbons (Fsp3) is 0.474. The molecule has 1 aromatic carbocycles. The number of sulfonamides is 1. The minimum Gasteiger partial charge on any atom is -0.448 e. The number of ether oxygens (including phenoxy) is 1. The van der Waals surface area contributed by atoms with Crippen molar-refractivity contribution < 1.29 is 27.5 Å². The summed E-state index contributed by atoms with van der Waals surface area (Å²) in [5, 5.41) is 7.51. The quantitative estimate of drug-likeness (QED) is 0.575. The van der Waals surface area contributed by atoms with Gasteiger partial charge in [0.2, 0.25) is 15.9 Å². The van der Waals surface area contributed by atoms with Crippen molar-refractivity contribution in [1.82, 2.24) is 9.31 Å². The number of esters is 1. The predicted octanol–water partition coefficient (Wildman–Crippen LogP) is 1.85. The Morgan fingerprint density at radius 2 is 1.94 bits per heavy atom. The summed E-state index contributed by atoms with van der Waals surface area (Å²) in [4.78, 5) is 36.2. The smallest absolute Gasteiger partial charge is 0.355 e. The molecule has 10 nitrogen and oxygen atoms in total. The number of nitrogens with one attached hydrogen (secondary N) is 1. The molecule has 0 saturated heterocycles. The van der Waals surface area contributed by atoms with E-state index in [1.165, 1.54) is 36.5 Å². The van der Waals surface area contributed by atoms with Crippen LogP contribution in [0.15, 0.2) is 28.2 Å². The number of hydrazone groups is 1. The second-order valence-corrected chi connectivity index (χ2v) is 9.08. The zero-order valence-corrected chi connectivity index (χ0v) is 19.3. The normalized spacial score (nSPS) is 15.5. The number of carbonyl (C=O) groups is 3. The summed E-state index contributed by atoms with van der Waals surface area (Å²) in [6.45, 7) is 5.39. The Balaban J connectivity index is 2.13. The Morgan fingerprint density at radius 1 is 1.29 bits per heavy atom. The maximum absolute atomic E-state index is 12.7. The van der Waals surface area contributed by atoms with Crippen LogP contribution in [-0.4, -0.2) is 67.5 Å². The monoisotopic (exact) mass is 472 g/mol. The first-order valence-electron chi connectivity index (χ1n) is 9.66.